The minimum Gasteiger partial charge on any atom is -0.496 e. The monoisotopic (exact) mass is 252 g/mol. The van der Waals surface area contributed by atoms with Crippen LogP contribution in [0.1, 0.15) is 5.56 Å². The van der Waals surface area contributed by atoms with Gasteiger partial charge >= 0.3 is 0 Å². The zero-order valence-corrected chi connectivity index (χ0v) is 10.4. The summed E-state index contributed by atoms with van der Waals surface area (Å²) in [5.74, 6) is 0.836. The van der Waals surface area contributed by atoms with Crippen LogP contribution in [0.15, 0.2) is 54.2 Å². The number of fused-ring (bicyclic) bond motifs is 1. The van der Waals surface area contributed by atoms with Crippen LogP contribution in [-0.4, -0.2) is 28.2 Å². The van der Waals surface area contributed by atoms with Crippen LogP contribution in [0.25, 0.3) is 10.8 Å². The van der Waals surface area contributed by atoms with Gasteiger partial charge in [-0.2, -0.15) is 5.10 Å². The van der Waals surface area contributed by atoms with Gasteiger partial charge in [0.05, 0.1) is 13.3 Å². The number of benzene rings is 2. The molecule has 2 aromatic carbocycles. The molecule has 0 atom stereocenters. The van der Waals surface area contributed by atoms with Gasteiger partial charge in [-0.25, -0.2) is 4.68 Å². The molecule has 19 heavy (non-hydrogen) atoms. The molecule has 1 aromatic heterocycles. The molecule has 94 valence electrons. The molecule has 0 aliphatic heterocycles. The van der Waals surface area contributed by atoms with Crippen LogP contribution in [0.5, 0.6) is 5.75 Å². The van der Waals surface area contributed by atoms with E-state index in [-0.39, 0.29) is 0 Å². The predicted octanol–water partition coefficient (Wildman–Crippen LogP) is 2.32. The first-order valence-corrected chi connectivity index (χ1v) is 5.83. The summed E-state index contributed by atoms with van der Waals surface area (Å²) in [5.41, 5.74) is 0.989. The zero-order valence-electron chi connectivity index (χ0n) is 10.4. The Morgan fingerprint density at radius 2 is 1.84 bits per heavy atom. The Kier molecular flexibility index (Phi) is 2.94. The van der Waals surface area contributed by atoms with Gasteiger partial charge in [-0.1, -0.05) is 30.3 Å². The molecule has 3 aromatic rings. The molecular weight excluding hydrogens is 240 g/mol. The van der Waals surface area contributed by atoms with Crippen LogP contribution in [0.3, 0.4) is 0 Å². The first-order chi connectivity index (χ1) is 9.38. The molecule has 0 unspecified atom stereocenters. The van der Waals surface area contributed by atoms with E-state index in [9.17, 15) is 0 Å². The lowest BCUT2D eigenvalue weighted by molar-refractivity contribution is 0.420. The number of nitrogens with zero attached hydrogens (tertiary/aromatic N) is 4. The Morgan fingerprint density at radius 3 is 2.58 bits per heavy atom. The molecule has 0 amide bonds. The van der Waals surface area contributed by atoms with Gasteiger partial charge in [0, 0.05) is 10.9 Å². The second-order valence-corrected chi connectivity index (χ2v) is 3.99. The summed E-state index contributed by atoms with van der Waals surface area (Å²) in [6.45, 7) is 0. The summed E-state index contributed by atoms with van der Waals surface area (Å²) in [4.78, 5) is 0. The van der Waals surface area contributed by atoms with Gasteiger partial charge in [0.2, 0.25) is 0 Å². The number of ether oxygens (including phenoxy) is 1. The highest BCUT2D eigenvalue weighted by Crippen LogP contribution is 2.27. The molecule has 0 radical (unpaired) electrons. The lowest BCUT2D eigenvalue weighted by Crippen LogP contribution is -1.92. The zero-order chi connectivity index (χ0) is 13.1. The van der Waals surface area contributed by atoms with E-state index in [4.69, 9.17) is 4.74 Å². The van der Waals surface area contributed by atoms with Crippen LogP contribution < -0.4 is 4.74 Å². The van der Waals surface area contributed by atoms with Gasteiger partial charge in [-0.3, -0.25) is 0 Å². The highest BCUT2D eigenvalue weighted by Gasteiger charge is 2.04. The lowest BCUT2D eigenvalue weighted by atomic mass is 10.0. The largest absolute Gasteiger partial charge is 0.496 e. The Hall–Kier alpha value is -2.69. The minimum atomic E-state index is 0.836. The van der Waals surface area contributed by atoms with Gasteiger partial charge in [-0.05, 0) is 11.5 Å². The normalized spacial score (nSPS) is 11.2. The van der Waals surface area contributed by atoms with Crippen molar-refractivity contribution >= 4 is 17.0 Å². The van der Waals surface area contributed by atoms with Crippen LogP contribution in [0, 0.1) is 0 Å². The summed E-state index contributed by atoms with van der Waals surface area (Å²) < 4.78 is 6.96. The fourth-order valence-corrected chi connectivity index (χ4v) is 2.00. The van der Waals surface area contributed by atoms with Crippen molar-refractivity contribution in [3.63, 3.8) is 0 Å². The lowest BCUT2D eigenvalue weighted by Gasteiger charge is -2.07. The molecule has 1 heterocycles. The van der Waals surface area contributed by atoms with Gasteiger partial charge in [0.25, 0.3) is 0 Å². The van der Waals surface area contributed by atoms with E-state index in [0.717, 1.165) is 22.1 Å². The van der Waals surface area contributed by atoms with Crippen molar-refractivity contribution in [2.24, 2.45) is 5.10 Å². The maximum atomic E-state index is 5.41. The van der Waals surface area contributed by atoms with E-state index in [1.807, 2.05) is 36.4 Å². The molecule has 0 aliphatic rings. The number of rotatable bonds is 3. The number of hydrogen-bond acceptors (Lipinski definition) is 4. The van der Waals surface area contributed by atoms with E-state index in [2.05, 4.69) is 15.3 Å². The molecular formula is C14H12N4O. The van der Waals surface area contributed by atoms with Crippen molar-refractivity contribution in [2.45, 2.75) is 0 Å². The van der Waals surface area contributed by atoms with Crippen molar-refractivity contribution in [1.82, 2.24) is 14.9 Å². The fraction of sp³-hybridized carbons (Fsp3) is 0.0714. The van der Waals surface area contributed by atoms with E-state index in [1.54, 1.807) is 30.7 Å². The van der Waals surface area contributed by atoms with E-state index < -0.39 is 0 Å². The van der Waals surface area contributed by atoms with Crippen LogP contribution in [-0.2, 0) is 0 Å². The molecule has 0 aliphatic carbocycles. The van der Waals surface area contributed by atoms with Gasteiger partial charge in [0.1, 0.15) is 18.4 Å². The SMILES string of the molecule is COc1cccc2cccc(C=Nn3cnnc3)c12. The third-order valence-corrected chi connectivity index (χ3v) is 2.86. The predicted molar refractivity (Wildman–Crippen MR) is 73.5 cm³/mol. The topological polar surface area (TPSA) is 52.3 Å². The summed E-state index contributed by atoms with van der Waals surface area (Å²) in [5, 5.41) is 13.8. The maximum absolute atomic E-state index is 5.41. The van der Waals surface area contributed by atoms with Crippen molar-refractivity contribution in [3.05, 3.63) is 54.6 Å². The van der Waals surface area contributed by atoms with E-state index >= 15 is 0 Å². The molecule has 5 nitrogen and oxygen atoms in total. The fourth-order valence-electron chi connectivity index (χ4n) is 2.00. The summed E-state index contributed by atoms with van der Waals surface area (Å²) in [6, 6.07) is 12.0. The second kappa shape index (κ2) is 4.89. The molecule has 0 spiro atoms. The highest BCUT2D eigenvalue weighted by atomic mass is 16.5. The quantitative estimate of drug-likeness (QED) is 0.672. The van der Waals surface area contributed by atoms with Crippen LogP contribution in [0.4, 0.5) is 0 Å². The second-order valence-electron chi connectivity index (χ2n) is 3.99. The van der Waals surface area contributed by atoms with Crippen LogP contribution >= 0.6 is 0 Å². The van der Waals surface area contributed by atoms with E-state index in [1.165, 1.54) is 0 Å². The third-order valence-electron chi connectivity index (χ3n) is 2.86. The average molecular weight is 252 g/mol. The number of aromatic nitrogens is 3. The van der Waals surface area contributed by atoms with Crippen LogP contribution in [0.2, 0.25) is 0 Å². The Morgan fingerprint density at radius 1 is 1.11 bits per heavy atom. The van der Waals surface area contributed by atoms with Crippen molar-refractivity contribution in [2.75, 3.05) is 7.11 Å². The smallest absolute Gasteiger partial charge is 0.141 e. The Labute approximate surface area is 110 Å². The van der Waals surface area contributed by atoms with Crippen molar-refractivity contribution in [3.8, 4) is 5.75 Å². The van der Waals surface area contributed by atoms with Crippen molar-refractivity contribution in [1.29, 1.82) is 0 Å². The maximum Gasteiger partial charge on any atom is 0.141 e. The molecule has 5 heteroatoms. The van der Waals surface area contributed by atoms with Gasteiger partial charge in [0.15, 0.2) is 0 Å². The Balaban J connectivity index is 2.13. The van der Waals surface area contributed by atoms with Gasteiger partial charge in [-0.15, -0.1) is 10.2 Å². The van der Waals surface area contributed by atoms with Gasteiger partial charge < -0.3 is 4.74 Å². The summed E-state index contributed by atoms with van der Waals surface area (Å²) in [6.07, 6.45) is 4.85. The first kappa shape index (κ1) is 11.4. The average Bonchev–Trinajstić information content (AvgIpc) is 2.97. The minimum absolute atomic E-state index is 0.836. The summed E-state index contributed by atoms with van der Waals surface area (Å²) in [7, 11) is 1.67. The molecule has 0 fully saturated rings. The highest BCUT2D eigenvalue weighted by molar-refractivity contribution is 6.03. The Bertz CT molecular complexity index is 714. The standard InChI is InChI=1S/C14H12N4O/c1-19-13-7-3-5-11-4-2-6-12(14(11)13)8-17-18-9-15-16-10-18/h2-10H,1H3. The molecule has 3 rings (SSSR count). The van der Waals surface area contributed by atoms with E-state index in [0.29, 0.717) is 0 Å². The third kappa shape index (κ3) is 2.18. The van der Waals surface area contributed by atoms with Crippen molar-refractivity contribution < 1.29 is 4.74 Å². The first-order valence-electron chi connectivity index (χ1n) is 5.83. The molecule has 0 saturated carbocycles. The number of methoxy groups -OCH3 is 1. The molecule has 0 bridgehead atoms. The summed E-state index contributed by atoms with van der Waals surface area (Å²) >= 11 is 0. The molecule has 0 saturated heterocycles. The molecule has 0 N–H and O–H groups in total. The number of hydrogen-bond donors (Lipinski definition) is 0.